The minimum atomic E-state index is -0.0395. The van der Waals surface area contributed by atoms with Gasteiger partial charge in [-0.25, -0.2) is 4.99 Å². The van der Waals surface area contributed by atoms with Crippen LogP contribution in [0.15, 0.2) is 58.3 Å². The molecule has 2 aromatic carbocycles. The highest BCUT2D eigenvalue weighted by molar-refractivity contribution is 7.07. The molecular weight excluding hydrogens is 377 g/mol. The molecule has 1 aliphatic heterocycles. The van der Waals surface area contributed by atoms with Crippen molar-refractivity contribution in [3.05, 3.63) is 83.8 Å². The summed E-state index contributed by atoms with van der Waals surface area (Å²) in [5.41, 5.74) is 1.85. The fourth-order valence-corrected chi connectivity index (χ4v) is 3.96. The van der Waals surface area contributed by atoms with E-state index in [1.54, 1.807) is 4.57 Å². The highest BCUT2D eigenvalue weighted by Crippen LogP contribution is 2.19. The van der Waals surface area contributed by atoms with E-state index < -0.39 is 0 Å². The normalized spacial score (nSPS) is 14.3. The Morgan fingerprint density at radius 1 is 1.08 bits per heavy atom. The molecule has 0 bridgehead atoms. The van der Waals surface area contributed by atoms with Gasteiger partial charge in [0.1, 0.15) is 13.3 Å². The molecule has 25 heavy (non-hydrogen) atoms. The van der Waals surface area contributed by atoms with E-state index in [1.807, 2.05) is 59.5 Å². The molecule has 2 heterocycles. The molecule has 3 aromatic rings. The highest BCUT2D eigenvalue weighted by atomic mass is 35.5. The van der Waals surface area contributed by atoms with Gasteiger partial charge in [0.25, 0.3) is 5.56 Å². The van der Waals surface area contributed by atoms with Crippen molar-refractivity contribution >= 4 is 46.3 Å². The van der Waals surface area contributed by atoms with Crippen molar-refractivity contribution in [2.75, 3.05) is 11.6 Å². The zero-order chi connectivity index (χ0) is 17.4. The van der Waals surface area contributed by atoms with Crippen LogP contribution in [0.3, 0.4) is 0 Å². The van der Waals surface area contributed by atoms with E-state index in [9.17, 15) is 4.79 Å². The molecule has 0 spiro atoms. The number of halogens is 2. The number of anilines is 1. The van der Waals surface area contributed by atoms with Crippen molar-refractivity contribution in [1.82, 2.24) is 4.57 Å². The van der Waals surface area contributed by atoms with Crippen molar-refractivity contribution in [1.29, 1.82) is 0 Å². The molecule has 7 heteroatoms. The second kappa shape index (κ2) is 6.67. The number of fused-ring (bicyclic) bond motifs is 1. The lowest BCUT2D eigenvalue weighted by Crippen LogP contribution is -2.42. The van der Waals surface area contributed by atoms with E-state index in [-0.39, 0.29) is 5.56 Å². The molecule has 0 amide bonds. The molecule has 4 nitrogen and oxygen atoms in total. The second-order valence-electron chi connectivity index (χ2n) is 5.64. The monoisotopic (exact) mass is 389 g/mol. The Hall–Kier alpha value is -2.08. The first kappa shape index (κ1) is 16.4. The molecule has 0 saturated heterocycles. The van der Waals surface area contributed by atoms with E-state index >= 15 is 0 Å². The first-order valence-electron chi connectivity index (χ1n) is 7.62. The number of hydrogen-bond donors (Lipinski definition) is 0. The van der Waals surface area contributed by atoms with Crippen molar-refractivity contribution in [2.24, 2.45) is 4.99 Å². The third kappa shape index (κ3) is 3.35. The largest absolute Gasteiger partial charge is 0.334 e. The molecule has 0 N–H and O–H groups in total. The summed E-state index contributed by atoms with van der Waals surface area (Å²) < 4.78 is 2.35. The van der Waals surface area contributed by atoms with Crippen LogP contribution >= 0.6 is 34.5 Å². The molecule has 0 atom stereocenters. The molecular formula is C18H13Cl2N3OS. The summed E-state index contributed by atoms with van der Waals surface area (Å²) in [7, 11) is 0. The third-order valence-corrected chi connectivity index (χ3v) is 5.45. The molecule has 1 aliphatic rings. The minimum Gasteiger partial charge on any atom is -0.334 e. The fraction of sp³-hybridized carbons (Fsp3) is 0.111. The van der Waals surface area contributed by atoms with Gasteiger partial charge < -0.3 is 4.90 Å². The summed E-state index contributed by atoms with van der Waals surface area (Å²) in [6.45, 7) is 0.984. The van der Waals surface area contributed by atoms with Crippen LogP contribution < -0.4 is 19.8 Å². The Kier molecular flexibility index (Phi) is 4.37. The number of rotatable bonds is 2. The van der Waals surface area contributed by atoms with Crippen LogP contribution in [0.1, 0.15) is 5.56 Å². The van der Waals surface area contributed by atoms with Gasteiger partial charge in [-0.2, -0.15) is 0 Å². The van der Waals surface area contributed by atoms with E-state index in [2.05, 4.69) is 4.99 Å². The van der Waals surface area contributed by atoms with Crippen molar-refractivity contribution < 1.29 is 0 Å². The number of hydrogen-bond acceptors (Lipinski definition) is 4. The predicted octanol–water partition coefficient (Wildman–Crippen LogP) is 3.10. The molecule has 0 fully saturated rings. The number of thiazole rings is 1. The summed E-state index contributed by atoms with van der Waals surface area (Å²) in [6, 6.07) is 15.0. The van der Waals surface area contributed by atoms with E-state index in [1.165, 1.54) is 11.3 Å². The van der Waals surface area contributed by atoms with Gasteiger partial charge in [0.05, 0.1) is 4.53 Å². The Morgan fingerprint density at radius 2 is 1.88 bits per heavy atom. The lowest BCUT2D eigenvalue weighted by molar-refractivity contribution is 0.569. The topological polar surface area (TPSA) is 37.6 Å². The van der Waals surface area contributed by atoms with Gasteiger partial charge in [-0.3, -0.25) is 9.36 Å². The lowest BCUT2D eigenvalue weighted by atomic mass is 10.2. The second-order valence-corrected chi connectivity index (χ2v) is 7.52. The Bertz CT molecular complexity index is 1100. The number of nitrogens with zero attached hydrogens (tertiary/aromatic N) is 3. The summed E-state index contributed by atoms with van der Waals surface area (Å²) in [5, 5.41) is 1.33. The zero-order valence-corrected chi connectivity index (χ0v) is 15.4. The Labute approximate surface area is 157 Å². The zero-order valence-electron chi connectivity index (χ0n) is 13.0. The summed E-state index contributed by atoms with van der Waals surface area (Å²) in [4.78, 5) is 20.0. The maximum atomic E-state index is 12.7. The van der Waals surface area contributed by atoms with Gasteiger partial charge in [0.15, 0.2) is 4.80 Å². The maximum Gasteiger partial charge on any atom is 0.271 e. The van der Waals surface area contributed by atoms with Gasteiger partial charge >= 0.3 is 0 Å². The van der Waals surface area contributed by atoms with Crippen LogP contribution in [0.5, 0.6) is 0 Å². The summed E-state index contributed by atoms with van der Waals surface area (Å²) in [5.74, 6) is 0. The number of benzene rings is 2. The van der Waals surface area contributed by atoms with Gasteiger partial charge in [-0.05, 0) is 48.0 Å². The fourth-order valence-electron chi connectivity index (χ4n) is 2.67. The van der Waals surface area contributed by atoms with Gasteiger partial charge in [-0.1, -0.05) is 46.7 Å². The van der Waals surface area contributed by atoms with Crippen LogP contribution in [0.4, 0.5) is 5.69 Å². The van der Waals surface area contributed by atoms with Crippen LogP contribution in [0.25, 0.3) is 6.08 Å². The quantitative estimate of drug-likeness (QED) is 0.675. The van der Waals surface area contributed by atoms with Crippen molar-refractivity contribution in [3.8, 4) is 0 Å². The molecule has 0 saturated carbocycles. The van der Waals surface area contributed by atoms with Crippen LogP contribution in [-0.2, 0) is 6.67 Å². The number of aromatic nitrogens is 1. The van der Waals surface area contributed by atoms with E-state index in [4.69, 9.17) is 23.2 Å². The Balaban J connectivity index is 1.71. The summed E-state index contributed by atoms with van der Waals surface area (Å²) >= 11 is 13.4. The third-order valence-electron chi connectivity index (χ3n) is 3.92. The molecule has 0 aliphatic carbocycles. The SMILES string of the molecule is O=c1/c(=C\c2cccc(Cl)c2)sc2n1CN(c1ccc(Cl)cc1)CN=2. The van der Waals surface area contributed by atoms with E-state index in [0.29, 0.717) is 27.9 Å². The highest BCUT2D eigenvalue weighted by Gasteiger charge is 2.15. The molecule has 1 aromatic heterocycles. The standard InChI is InChI=1S/C18H13Cl2N3OS/c19-13-4-6-15(7-5-13)22-10-21-18-23(11-22)17(24)16(25-18)9-12-2-1-3-14(20)8-12/h1-9H,10-11H2/b16-9+. The van der Waals surface area contributed by atoms with E-state index in [0.717, 1.165) is 16.1 Å². The maximum absolute atomic E-state index is 12.7. The lowest BCUT2D eigenvalue weighted by Gasteiger charge is -2.25. The van der Waals surface area contributed by atoms with Crippen molar-refractivity contribution in [2.45, 2.75) is 6.67 Å². The van der Waals surface area contributed by atoms with Gasteiger partial charge in [0, 0.05) is 15.7 Å². The molecule has 126 valence electrons. The molecule has 4 rings (SSSR count). The first-order chi connectivity index (χ1) is 12.1. The average Bonchev–Trinajstić information content (AvgIpc) is 2.91. The molecule has 0 unspecified atom stereocenters. The summed E-state index contributed by atoms with van der Waals surface area (Å²) in [6.07, 6.45) is 1.85. The minimum absolute atomic E-state index is 0.0395. The smallest absolute Gasteiger partial charge is 0.271 e. The van der Waals surface area contributed by atoms with Crippen LogP contribution in [0.2, 0.25) is 10.0 Å². The average molecular weight is 390 g/mol. The predicted molar refractivity (Wildman–Crippen MR) is 103 cm³/mol. The molecule has 0 radical (unpaired) electrons. The van der Waals surface area contributed by atoms with Gasteiger partial charge in [-0.15, -0.1) is 0 Å². The van der Waals surface area contributed by atoms with Crippen molar-refractivity contribution in [3.63, 3.8) is 0 Å². The first-order valence-corrected chi connectivity index (χ1v) is 9.19. The van der Waals surface area contributed by atoms with Gasteiger partial charge in [0.2, 0.25) is 0 Å². The van der Waals surface area contributed by atoms with Crippen LogP contribution in [-0.4, -0.2) is 11.2 Å². The van der Waals surface area contributed by atoms with Crippen LogP contribution in [0, 0.1) is 0 Å². The Morgan fingerprint density at radius 3 is 2.64 bits per heavy atom.